The van der Waals surface area contributed by atoms with Crippen LogP contribution in [0.15, 0.2) is 17.1 Å². The number of hydrogen-bond donors (Lipinski definition) is 2. The van der Waals surface area contributed by atoms with Crippen LogP contribution in [0.4, 0.5) is 0 Å². The molecule has 4 heteroatoms. The molecule has 1 aliphatic rings. The van der Waals surface area contributed by atoms with Crippen molar-refractivity contribution < 1.29 is 0 Å². The van der Waals surface area contributed by atoms with Gasteiger partial charge in [-0.05, 0) is 44.7 Å². The molecule has 0 aliphatic heterocycles. The number of aliphatic imine (C=N–C) groups is 1. The normalized spacial score (nSPS) is 17.6. The second kappa shape index (κ2) is 6.23. The summed E-state index contributed by atoms with van der Waals surface area (Å²) in [5, 5.41) is 6.85. The Morgan fingerprint density at radius 1 is 1.50 bits per heavy atom. The van der Waals surface area contributed by atoms with Gasteiger partial charge in [0.15, 0.2) is 5.96 Å². The number of guanidine groups is 1. The quantitative estimate of drug-likeness (QED) is 0.634. The van der Waals surface area contributed by atoms with Crippen molar-refractivity contribution in [2.45, 2.75) is 39.2 Å². The van der Waals surface area contributed by atoms with Gasteiger partial charge in [0.05, 0.1) is 0 Å². The summed E-state index contributed by atoms with van der Waals surface area (Å²) in [6.07, 6.45) is 3.80. The van der Waals surface area contributed by atoms with Crippen molar-refractivity contribution >= 4 is 17.3 Å². The molecule has 1 aromatic heterocycles. The number of nitrogens with zero attached hydrogens (tertiary/aromatic N) is 1. The third-order valence-electron chi connectivity index (χ3n) is 3.17. The molecular weight excluding hydrogens is 242 g/mol. The van der Waals surface area contributed by atoms with Gasteiger partial charge in [-0.3, -0.25) is 4.99 Å². The zero-order chi connectivity index (χ0) is 13.0. The average molecular weight is 265 g/mol. The van der Waals surface area contributed by atoms with Crippen molar-refractivity contribution in [2.75, 3.05) is 13.6 Å². The molecule has 18 heavy (non-hydrogen) atoms. The van der Waals surface area contributed by atoms with E-state index < -0.39 is 0 Å². The molecule has 0 bridgehead atoms. The standard InChI is InChI=1S/C14H23N3S/c1-10(8-13-7-4-11(2)18-13)17-14(15-3)16-9-12-5-6-12/h4,7,10,12H,5-6,8-9H2,1-3H3,(H2,15,16,17). The van der Waals surface area contributed by atoms with Gasteiger partial charge in [-0.1, -0.05) is 0 Å². The summed E-state index contributed by atoms with van der Waals surface area (Å²) in [7, 11) is 1.84. The first-order valence-corrected chi connectivity index (χ1v) is 7.51. The Balaban J connectivity index is 1.75. The first-order valence-electron chi connectivity index (χ1n) is 6.70. The molecular formula is C14H23N3S. The van der Waals surface area contributed by atoms with E-state index in [1.54, 1.807) is 0 Å². The molecule has 2 rings (SSSR count). The lowest BCUT2D eigenvalue weighted by Gasteiger charge is -2.17. The van der Waals surface area contributed by atoms with E-state index >= 15 is 0 Å². The van der Waals surface area contributed by atoms with Gasteiger partial charge in [0, 0.05) is 35.8 Å². The van der Waals surface area contributed by atoms with Gasteiger partial charge in [0.25, 0.3) is 0 Å². The van der Waals surface area contributed by atoms with E-state index in [2.05, 4.69) is 41.6 Å². The third-order valence-corrected chi connectivity index (χ3v) is 4.19. The predicted octanol–water partition coefficient (Wildman–Crippen LogP) is 2.56. The Bertz CT molecular complexity index is 407. The Labute approximate surface area is 114 Å². The highest BCUT2D eigenvalue weighted by atomic mass is 32.1. The first-order chi connectivity index (χ1) is 8.67. The number of thiophene rings is 1. The van der Waals surface area contributed by atoms with Crippen molar-refractivity contribution in [1.82, 2.24) is 10.6 Å². The van der Waals surface area contributed by atoms with E-state index in [0.717, 1.165) is 24.8 Å². The number of aryl methyl sites for hydroxylation is 1. The summed E-state index contributed by atoms with van der Waals surface area (Å²) in [6, 6.07) is 4.82. The molecule has 100 valence electrons. The van der Waals surface area contributed by atoms with E-state index in [0.29, 0.717) is 6.04 Å². The van der Waals surface area contributed by atoms with Gasteiger partial charge >= 0.3 is 0 Å². The fourth-order valence-corrected chi connectivity index (χ4v) is 2.96. The summed E-state index contributed by atoms with van der Waals surface area (Å²) < 4.78 is 0. The van der Waals surface area contributed by atoms with Crippen LogP contribution in [-0.4, -0.2) is 25.6 Å². The molecule has 1 unspecified atom stereocenters. The Hall–Kier alpha value is -1.03. The van der Waals surface area contributed by atoms with Crippen LogP contribution in [0.2, 0.25) is 0 Å². The molecule has 1 heterocycles. The summed E-state index contributed by atoms with van der Waals surface area (Å²) in [5.74, 6) is 1.81. The maximum atomic E-state index is 4.27. The highest BCUT2D eigenvalue weighted by Crippen LogP contribution is 2.27. The van der Waals surface area contributed by atoms with E-state index in [-0.39, 0.29) is 0 Å². The van der Waals surface area contributed by atoms with E-state index in [1.165, 1.54) is 22.6 Å². The fourth-order valence-electron chi connectivity index (χ4n) is 1.94. The van der Waals surface area contributed by atoms with Crippen LogP contribution in [0.3, 0.4) is 0 Å². The van der Waals surface area contributed by atoms with Crippen molar-refractivity contribution in [1.29, 1.82) is 0 Å². The van der Waals surface area contributed by atoms with E-state index in [1.807, 2.05) is 18.4 Å². The number of rotatable bonds is 5. The van der Waals surface area contributed by atoms with E-state index in [4.69, 9.17) is 0 Å². The summed E-state index contributed by atoms with van der Waals surface area (Å²) in [5.41, 5.74) is 0. The molecule has 0 radical (unpaired) electrons. The van der Waals surface area contributed by atoms with Crippen LogP contribution in [0.1, 0.15) is 29.5 Å². The van der Waals surface area contributed by atoms with Gasteiger partial charge in [0.2, 0.25) is 0 Å². The van der Waals surface area contributed by atoms with Gasteiger partial charge in [-0.2, -0.15) is 0 Å². The second-order valence-corrected chi connectivity index (χ2v) is 6.53. The molecule has 1 aromatic rings. The minimum atomic E-state index is 0.411. The maximum absolute atomic E-state index is 4.27. The summed E-state index contributed by atoms with van der Waals surface area (Å²) in [4.78, 5) is 7.09. The molecule has 3 nitrogen and oxygen atoms in total. The van der Waals surface area contributed by atoms with Crippen molar-refractivity contribution in [3.8, 4) is 0 Å². The van der Waals surface area contributed by atoms with Gasteiger partial charge < -0.3 is 10.6 Å². The lowest BCUT2D eigenvalue weighted by Crippen LogP contribution is -2.43. The summed E-state index contributed by atoms with van der Waals surface area (Å²) >= 11 is 1.88. The summed E-state index contributed by atoms with van der Waals surface area (Å²) in [6.45, 7) is 5.42. The lowest BCUT2D eigenvalue weighted by molar-refractivity contribution is 0.637. The van der Waals surface area contributed by atoms with Gasteiger partial charge in [0.1, 0.15) is 0 Å². The Kier molecular flexibility index (Phi) is 4.64. The highest BCUT2D eigenvalue weighted by Gasteiger charge is 2.21. The minimum Gasteiger partial charge on any atom is -0.356 e. The molecule has 1 aliphatic carbocycles. The van der Waals surface area contributed by atoms with Gasteiger partial charge in [-0.15, -0.1) is 11.3 Å². The third kappa shape index (κ3) is 4.33. The van der Waals surface area contributed by atoms with Crippen molar-refractivity contribution in [2.24, 2.45) is 10.9 Å². The Morgan fingerprint density at radius 3 is 2.83 bits per heavy atom. The number of nitrogens with one attached hydrogen (secondary N) is 2. The molecule has 2 N–H and O–H groups in total. The largest absolute Gasteiger partial charge is 0.356 e. The van der Waals surface area contributed by atoms with Crippen LogP contribution in [0.5, 0.6) is 0 Å². The molecule has 0 amide bonds. The van der Waals surface area contributed by atoms with Crippen molar-refractivity contribution in [3.05, 3.63) is 21.9 Å². The zero-order valence-corrected chi connectivity index (χ0v) is 12.3. The van der Waals surface area contributed by atoms with Gasteiger partial charge in [-0.25, -0.2) is 0 Å². The Morgan fingerprint density at radius 2 is 2.28 bits per heavy atom. The zero-order valence-electron chi connectivity index (χ0n) is 11.5. The topological polar surface area (TPSA) is 36.4 Å². The highest BCUT2D eigenvalue weighted by molar-refractivity contribution is 7.11. The maximum Gasteiger partial charge on any atom is 0.191 e. The predicted molar refractivity (Wildman–Crippen MR) is 79.4 cm³/mol. The average Bonchev–Trinajstić information content (AvgIpc) is 3.08. The second-order valence-electron chi connectivity index (χ2n) is 5.16. The van der Waals surface area contributed by atoms with Crippen LogP contribution in [0.25, 0.3) is 0 Å². The molecule has 1 fully saturated rings. The fraction of sp³-hybridized carbons (Fsp3) is 0.643. The lowest BCUT2D eigenvalue weighted by atomic mass is 10.2. The smallest absolute Gasteiger partial charge is 0.191 e. The minimum absolute atomic E-state index is 0.411. The molecule has 0 spiro atoms. The van der Waals surface area contributed by atoms with E-state index in [9.17, 15) is 0 Å². The van der Waals surface area contributed by atoms with Crippen LogP contribution >= 0.6 is 11.3 Å². The SMILES string of the molecule is CN=C(NCC1CC1)NC(C)Cc1ccc(C)s1. The molecule has 0 aromatic carbocycles. The molecule has 0 saturated heterocycles. The van der Waals surface area contributed by atoms with Crippen LogP contribution < -0.4 is 10.6 Å². The number of hydrogen-bond acceptors (Lipinski definition) is 2. The molecule has 1 saturated carbocycles. The van der Waals surface area contributed by atoms with Crippen molar-refractivity contribution in [3.63, 3.8) is 0 Å². The molecule has 1 atom stereocenters. The van der Waals surface area contributed by atoms with Crippen LogP contribution in [0, 0.1) is 12.8 Å². The monoisotopic (exact) mass is 265 g/mol. The van der Waals surface area contributed by atoms with Crippen LogP contribution in [-0.2, 0) is 6.42 Å². The first kappa shape index (κ1) is 13.4.